The lowest BCUT2D eigenvalue weighted by molar-refractivity contribution is 0.669. The van der Waals surface area contributed by atoms with Crippen LogP contribution in [0.15, 0.2) is 520 Å². The Labute approximate surface area is 797 Å². The first-order valence-electron chi connectivity index (χ1n) is 47.2. The first-order valence-corrected chi connectivity index (χ1v) is 47.2. The maximum absolute atomic E-state index is 7.10. The molecule has 4 aromatic heterocycles. The molecule has 0 aliphatic carbocycles. The number of rotatable bonds is 18. The van der Waals surface area contributed by atoms with Crippen molar-refractivity contribution in [2.45, 2.75) is 0 Å². The number of hydrogen-bond donors (Lipinski definition) is 0. The monoisotopic (exact) mass is 1760 g/mol. The van der Waals surface area contributed by atoms with Crippen molar-refractivity contribution in [3.63, 3.8) is 0 Å². The molecule has 646 valence electrons. The molecule has 0 radical (unpaired) electrons. The topological polar surface area (TPSA) is 40.9 Å². The Morgan fingerprint density at radius 3 is 0.877 bits per heavy atom. The van der Waals surface area contributed by atoms with E-state index in [2.05, 4.69) is 549 Å². The number of furan rings is 1. The molecule has 0 aliphatic heterocycles. The largest absolute Gasteiger partial charge is 0.456 e. The summed E-state index contributed by atoms with van der Waals surface area (Å²) < 4.78 is 14.4. The minimum Gasteiger partial charge on any atom is -0.456 e. The van der Waals surface area contributed by atoms with E-state index in [1.54, 1.807) is 0 Å². The van der Waals surface area contributed by atoms with Crippen LogP contribution in [0.2, 0.25) is 0 Å². The summed E-state index contributed by atoms with van der Waals surface area (Å²) in [6.07, 6.45) is 0. The van der Waals surface area contributed by atoms with Gasteiger partial charge in [0.2, 0.25) is 0 Å². The van der Waals surface area contributed by atoms with Gasteiger partial charge in [0, 0.05) is 117 Å². The lowest BCUT2D eigenvalue weighted by Crippen LogP contribution is -2.14. The Kier molecular flexibility index (Phi) is 18.8. The lowest BCUT2D eigenvalue weighted by Gasteiger charge is -2.31. The number of nitrogens with zero attached hydrogens (tertiary/aromatic N) is 7. The molecule has 138 heavy (non-hydrogen) atoms. The molecule has 0 fully saturated rings. The van der Waals surface area contributed by atoms with E-state index < -0.39 is 0 Å². The fourth-order valence-corrected chi connectivity index (χ4v) is 21.9. The van der Waals surface area contributed by atoms with Crippen molar-refractivity contribution in [1.82, 2.24) is 13.7 Å². The summed E-state index contributed by atoms with van der Waals surface area (Å²) in [6.45, 7) is 0. The molecule has 0 atom stereocenters. The summed E-state index contributed by atoms with van der Waals surface area (Å²) in [6, 6.07) is 189. The second kappa shape index (κ2) is 32.8. The predicted molar refractivity (Wildman–Crippen MR) is 582 cm³/mol. The van der Waals surface area contributed by atoms with Gasteiger partial charge in [0.1, 0.15) is 11.2 Å². The molecular formula is C130H85N7O. The van der Waals surface area contributed by atoms with Crippen LogP contribution in [-0.2, 0) is 0 Å². The zero-order valence-corrected chi connectivity index (χ0v) is 75.1. The first kappa shape index (κ1) is 79.3. The average molecular weight is 1760 g/mol. The van der Waals surface area contributed by atoms with Crippen LogP contribution in [0, 0.1) is 0 Å². The zero-order valence-electron chi connectivity index (χ0n) is 75.1. The molecule has 0 unspecified atom stereocenters. The van der Waals surface area contributed by atoms with Gasteiger partial charge in [0.25, 0.3) is 0 Å². The number of fused-ring (bicyclic) bond motifs is 18. The molecule has 0 aliphatic rings. The highest BCUT2D eigenvalue weighted by atomic mass is 16.3. The Morgan fingerprint density at radius 2 is 0.471 bits per heavy atom. The third-order valence-corrected chi connectivity index (χ3v) is 28.0. The molecule has 8 nitrogen and oxygen atoms in total. The molecule has 8 heteroatoms. The van der Waals surface area contributed by atoms with E-state index >= 15 is 0 Å². The van der Waals surface area contributed by atoms with Gasteiger partial charge in [-0.3, -0.25) is 0 Å². The van der Waals surface area contributed by atoms with Gasteiger partial charge in [-0.05, 0) is 289 Å². The summed E-state index contributed by atoms with van der Waals surface area (Å²) in [7, 11) is 0. The van der Waals surface area contributed by atoms with Crippen LogP contribution in [-0.4, -0.2) is 13.7 Å². The maximum atomic E-state index is 7.10. The van der Waals surface area contributed by atoms with Crippen LogP contribution < -0.4 is 19.6 Å². The highest BCUT2D eigenvalue weighted by Gasteiger charge is 2.29. The van der Waals surface area contributed by atoms with Gasteiger partial charge in [0.15, 0.2) is 0 Å². The highest BCUT2D eigenvalue weighted by Crippen LogP contribution is 2.53. The van der Waals surface area contributed by atoms with Crippen LogP contribution in [0.3, 0.4) is 0 Å². The number of para-hydroxylation sites is 9. The van der Waals surface area contributed by atoms with E-state index in [0.717, 1.165) is 179 Å². The van der Waals surface area contributed by atoms with Crippen molar-refractivity contribution < 1.29 is 4.42 Å². The van der Waals surface area contributed by atoms with E-state index in [9.17, 15) is 0 Å². The Balaban J connectivity index is 0.610. The Morgan fingerprint density at radius 1 is 0.152 bits per heavy atom. The minimum atomic E-state index is 0.788. The molecule has 27 rings (SSSR count). The van der Waals surface area contributed by atoms with E-state index in [4.69, 9.17) is 4.42 Å². The van der Waals surface area contributed by atoms with Gasteiger partial charge in [-0.2, -0.15) is 0 Å². The van der Waals surface area contributed by atoms with Crippen LogP contribution in [0.5, 0.6) is 0 Å². The fourth-order valence-electron chi connectivity index (χ4n) is 21.9. The maximum Gasteiger partial charge on any atom is 0.137 e. The van der Waals surface area contributed by atoms with Gasteiger partial charge < -0.3 is 37.7 Å². The molecule has 0 bridgehead atoms. The van der Waals surface area contributed by atoms with E-state index in [1.165, 1.54) is 70.0 Å². The van der Waals surface area contributed by atoms with E-state index in [-0.39, 0.29) is 0 Å². The van der Waals surface area contributed by atoms with Gasteiger partial charge in [-0.15, -0.1) is 0 Å². The SMILES string of the molecule is c1ccc(N(c2cc(-c3cc4ccccc4c4ccccc34)cc(N(c3ccccc3)c3ccc4c5ccccc5n(-c5ccc(-c6ccc7oc8cccc(N(c9ccccc9)c9cc(-c%10cc%11ccccc%11c%11ccccc%10%11)cc(N(c%10ccccc%10)c%10ccc%11c%12ccccc%12n(-c%12ccccc%12)c%11c%10)c9)c8c7c6)cc5)c4c3)c2)c2ccc3c4ccccc4n(-c4ccccc4)c3c2)cc1. The number of hydrogen-bond acceptors (Lipinski definition) is 5. The molecule has 0 amide bonds. The summed E-state index contributed by atoms with van der Waals surface area (Å²) in [5.74, 6) is 0. The van der Waals surface area contributed by atoms with Crippen LogP contribution in [0.25, 0.3) is 181 Å². The number of anilines is 12. The zero-order chi connectivity index (χ0) is 90.8. The minimum absolute atomic E-state index is 0.788. The highest BCUT2D eigenvalue weighted by molar-refractivity contribution is 6.20. The molecular weight excluding hydrogens is 1680 g/mol. The van der Waals surface area contributed by atoms with Crippen LogP contribution >= 0.6 is 0 Å². The van der Waals surface area contributed by atoms with Crippen molar-refractivity contribution in [2.24, 2.45) is 0 Å². The van der Waals surface area contributed by atoms with Gasteiger partial charge in [-0.1, -0.05) is 303 Å². The molecule has 27 aromatic rings. The van der Waals surface area contributed by atoms with Gasteiger partial charge >= 0.3 is 0 Å². The first-order chi connectivity index (χ1) is 68.4. The normalized spacial score (nSPS) is 11.8. The van der Waals surface area contributed by atoms with Gasteiger partial charge in [-0.25, -0.2) is 0 Å². The van der Waals surface area contributed by atoms with Crippen LogP contribution in [0.4, 0.5) is 68.2 Å². The Hall–Kier alpha value is -18.5. The van der Waals surface area contributed by atoms with Crippen molar-refractivity contribution in [1.29, 1.82) is 0 Å². The summed E-state index contributed by atoms with van der Waals surface area (Å²) in [5.41, 5.74) is 30.2. The fraction of sp³-hybridized carbons (Fsp3) is 0. The second-order valence-corrected chi connectivity index (χ2v) is 35.9. The lowest BCUT2D eigenvalue weighted by atomic mass is 9.92. The molecule has 4 heterocycles. The molecule has 23 aromatic carbocycles. The average Bonchev–Trinajstić information content (AvgIpc) is 1.48. The van der Waals surface area contributed by atoms with Crippen molar-refractivity contribution in [2.75, 3.05) is 19.6 Å². The van der Waals surface area contributed by atoms with Crippen molar-refractivity contribution in [3.05, 3.63) is 516 Å². The summed E-state index contributed by atoms with van der Waals surface area (Å²) >= 11 is 0. The molecule has 0 saturated carbocycles. The predicted octanol–water partition coefficient (Wildman–Crippen LogP) is 36.4. The van der Waals surface area contributed by atoms with E-state index in [1.807, 2.05) is 0 Å². The quantitative estimate of drug-likeness (QED) is 0.0801. The number of aromatic nitrogens is 3. The third kappa shape index (κ3) is 13.3. The summed E-state index contributed by atoms with van der Waals surface area (Å²) in [5, 5.41) is 18.7. The van der Waals surface area contributed by atoms with E-state index in [0.29, 0.717) is 0 Å². The third-order valence-electron chi connectivity index (χ3n) is 28.0. The molecule has 0 spiro atoms. The summed E-state index contributed by atoms with van der Waals surface area (Å²) in [4.78, 5) is 9.79. The smallest absolute Gasteiger partial charge is 0.137 e. The van der Waals surface area contributed by atoms with Gasteiger partial charge in [0.05, 0.1) is 44.2 Å². The van der Waals surface area contributed by atoms with Crippen molar-refractivity contribution in [3.8, 4) is 50.4 Å². The molecule has 0 N–H and O–H groups in total. The number of benzene rings is 23. The molecule has 0 saturated heterocycles. The van der Waals surface area contributed by atoms with Crippen molar-refractivity contribution >= 4 is 199 Å². The second-order valence-electron chi connectivity index (χ2n) is 35.9. The van der Waals surface area contributed by atoms with Crippen LogP contribution in [0.1, 0.15) is 0 Å². The Bertz CT molecular complexity index is 9480. The standard InChI is InChI=1S/C130H85N7O/c1-7-36-92(37-8-1)131(99-67-70-115-112-54-27-30-57-121(112)135(125(115)83-99)96-44-15-5-16-45-96)102-74-90(118-79-88-34-19-21-48-106(88)108-50-23-25-52-110(108)118)75-103(81-102)132(93-38-9-2-10-39-93)101-69-72-117-114-56-29-32-59-123(114)137(127(117)85-101)98-65-62-86(63-66-98)87-64-73-128-120(78-87)130-124(60-33-61-129(130)138-128)134(95-42-13-4-14-43-95)105-77-91(119-80-89-35-20-22-49-107(89)109-51-24-26-53-111(109)119)76-104(82-105)133(94-40-11-3-12-41-94)100-68-71-116-113-55-28-31-58-122(113)136(126(116)84-100)97-46-17-6-18-47-97/h1-85H.